The lowest BCUT2D eigenvalue weighted by Gasteiger charge is -2.18. The first-order valence-electron chi connectivity index (χ1n) is 6.84. The highest BCUT2D eigenvalue weighted by Crippen LogP contribution is 2.36. The van der Waals surface area contributed by atoms with Crippen LogP contribution in [0.25, 0.3) is 11.1 Å². The Kier molecular flexibility index (Phi) is 4.59. The highest BCUT2D eigenvalue weighted by atomic mass is 16.6. The topological polar surface area (TPSA) is 122 Å². The van der Waals surface area contributed by atoms with Gasteiger partial charge in [0.15, 0.2) is 0 Å². The van der Waals surface area contributed by atoms with Crippen molar-refractivity contribution in [3.8, 4) is 11.1 Å². The molecular weight excluding hydrogens is 316 g/mol. The molecule has 0 N–H and O–H groups in total. The number of aromatic carboxylic acids is 1. The van der Waals surface area contributed by atoms with E-state index < -0.39 is 16.9 Å². The molecule has 24 heavy (non-hydrogen) atoms. The van der Waals surface area contributed by atoms with E-state index in [0.29, 0.717) is 0 Å². The summed E-state index contributed by atoms with van der Waals surface area (Å²) in [6.07, 6.45) is 0. The van der Waals surface area contributed by atoms with Crippen molar-refractivity contribution < 1.29 is 24.4 Å². The number of esters is 1. The van der Waals surface area contributed by atoms with Gasteiger partial charge in [0.2, 0.25) is 0 Å². The van der Waals surface area contributed by atoms with Crippen LogP contribution in [0.5, 0.6) is 0 Å². The Bertz CT molecular complexity index is 860. The Morgan fingerprint density at radius 3 is 2.25 bits per heavy atom. The quantitative estimate of drug-likeness (QED) is 0.472. The van der Waals surface area contributed by atoms with Gasteiger partial charge in [-0.1, -0.05) is 12.1 Å². The fourth-order valence-corrected chi connectivity index (χ4v) is 2.57. The summed E-state index contributed by atoms with van der Waals surface area (Å²) in [4.78, 5) is 38.4. The predicted molar refractivity (Wildman–Crippen MR) is 81.5 cm³/mol. The number of aryl methyl sites for hydroxylation is 2. The lowest BCUT2D eigenvalue weighted by molar-refractivity contribution is -0.384. The average Bonchev–Trinajstić information content (AvgIpc) is 2.52. The van der Waals surface area contributed by atoms with E-state index in [1.54, 1.807) is 0 Å². The second kappa shape index (κ2) is 6.45. The second-order valence-corrected chi connectivity index (χ2v) is 4.96. The molecule has 2 aromatic rings. The maximum atomic E-state index is 12.2. The van der Waals surface area contributed by atoms with Crippen LogP contribution < -0.4 is 5.11 Å². The zero-order valence-electron chi connectivity index (χ0n) is 13.2. The summed E-state index contributed by atoms with van der Waals surface area (Å²) in [5.74, 6) is -2.42. The fraction of sp³-hybridized carbons (Fsp3) is 0.188. The molecule has 1 aromatic carbocycles. The van der Waals surface area contributed by atoms with Crippen molar-refractivity contribution in [1.29, 1.82) is 0 Å². The van der Waals surface area contributed by atoms with Crippen molar-refractivity contribution in [2.75, 3.05) is 7.11 Å². The molecule has 0 spiro atoms. The van der Waals surface area contributed by atoms with Crippen LogP contribution in [0.15, 0.2) is 24.3 Å². The first-order valence-corrected chi connectivity index (χ1v) is 6.84. The van der Waals surface area contributed by atoms with Gasteiger partial charge in [0.25, 0.3) is 5.69 Å². The molecule has 0 atom stereocenters. The Morgan fingerprint density at radius 2 is 1.71 bits per heavy atom. The van der Waals surface area contributed by atoms with Gasteiger partial charge in [-0.25, -0.2) is 4.79 Å². The third-order valence-electron chi connectivity index (χ3n) is 3.52. The van der Waals surface area contributed by atoms with Crippen molar-refractivity contribution in [2.45, 2.75) is 13.8 Å². The maximum Gasteiger partial charge on any atom is 0.340 e. The van der Waals surface area contributed by atoms with Crippen molar-refractivity contribution in [3.63, 3.8) is 0 Å². The van der Waals surface area contributed by atoms with Gasteiger partial charge >= 0.3 is 5.97 Å². The number of hydrogen-bond donors (Lipinski definition) is 0. The number of nitro benzene ring substituents is 1. The number of ether oxygens (including phenoxy) is 1. The average molecular weight is 329 g/mol. The van der Waals surface area contributed by atoms with E-state index in [1.807, 2.05) is 0 Å². The molecule has 0 bridgehead atoms. The number of carboxylic acids is 1. The smallest absolute Gasteiger partial charge is 0.340 e. The zero-order chi connectivity index (χ0) is 18.0. The summed E-state index contributed by atoms with van der Waals surface area (Å²) >= 11 is 0. The monoisotopic (exact) mass is 329 g/mol. The number of para-hydroxylation sites is 1. The third-order valence-corrected chi connectivity index (χ3v) is 3.52. The molecule has 0 saturated heterocycles. The molecule has 0 fully saturated rings. The number of carbonyl (C=O) groups is 2. The Labute approximate surface area is 136 Å². The number of nitro groups is 1. The van der Waals surface area contributed by atoms with Crippen LogP contribution in [0.1, 0.15) is 32.1 Å². The van der Waals surface area contributed by atoms with Crippen molar-refractivity contribution in [1.82, 2.24) is 4.98 Å². The molecular formula is C16H13N2O6-. The molecule has 0 amide bonds. The maximum absolute atomic E-state index is 12.2. The van der Waals surface area contributed by atoms with E-state index in [1.165, 1.54) is 38.1 Å². The van der Waals surface area contributed by atoms with Gasteiger partial charge in [-0.15, -0.1) is 0 Å². The van der Waals surface area contributed by atoms with E-state index >= 15 is 0 Å². The van der Waals surface area contributed by atoms with Crippen LogP contribution in [0.3, 0.4) is 0 Å². The van der Waals surface area contributed by atoms with Crippen LogP contribution in [-0.2, 0) is 4.74 Å². The first kappa shape index (κ1) is 17.1. The van der Waals surface area contributed by atoms with Crippen molar-refractivity contribution in [3.05, 3.63) is 56.9 Å². The number of carbonyl (C=O) groups excluding carboxylic acids is 2. The minimum atomic E-state index is -1.58. The molecule has 0 aliphatic heterocycles. The summed E-state index contributed by atoms with van der Waals surface area (Å²) in [6, 6.07) is 5.54. The number of benzene rings is 1. The van der Waals surface area contributed by atoms with Gasteiger partial charge in [0.1, 0.15) is 0 Å². The summed E-state index contributed by atoms with van der Waals surface area (Å²) in [5.41, 5.74) is -0.706. The largest absolute Gasteiger partial charge is 0.545 e. The van der Waals surface area contributed by atoms with Crippen LogP contribution in [0.4, 0.5) is 5.69 Å². The van der Waals surface area contributed by atoms with E-state index in [-0.39, 0.29) is 39.3 Å². The number of methoxy groups -OCH3 is 1. The minimum Gasteiger partial charge on any atom is -0.545 e. The Hall–Kier alpha value is -3.29. The number of rotatable bonds is 4. The normalized spacial score (nSPS) is 10.3. The molecule has 0 aliphatic carbocycles. The van der Waals surface area contributed by atoms with Crippen LogP contribution in [-0.4, -0.2) is 29.0 Å². The van der Waals surface area contributed by atoms with E-state index in [4.69, 9.17) is 4.74 Å². The Morgan fingerprint density at radius 1 is 1.12 bits per heavy atom. The number of pyridine rings is 1. The number of carboxylic acid groups (broad SMARTS) is 1. The molecule has 124 valence electrons. The van der Waals surface area contributed by atoms with Gasteiger partial charge in [-0.2, -0.15) is 0 Å². The summed E-state index contributed by atoms with van der Waals surface area (Å²) < 4.78 is 4.69. The molecule has 2 rings (SSSR count). The molecule has 0 aliphatic rings. The van der Waals surface area contributed by atoms with Crippen LogP contribution in [0.2, 0.25) is 0 Å². The van der Waals surface area contributed by atoms with Crippen LogP contribution >= 0.6 is 0 Å². The highest BCUT2D eigenvalue weighted by molar-refractivity contribution is 6.07. The lowest BCUT2D eigenvalue weighted by Crippen LogP contribution is -2.26. The van der Waals surface area contributed by atoms with Gasteiger partial charge in [-0.05, 0) is 19.9 Å². The van der Waals surface area contributed by atoms with Crippen molar-refractivity contribution >= 4 is 17.6 Å². The molecule has 1 aromatic heterocycles. The van der Waals surface area contributed by atoms with Gasteiger partial charge < -0.3 is 14.6 Å². The fourth-order valence-electron chi connectivity index (χ4n) is 2.57. The first-order chi connectivity index (χ1) is 11.3. The van der Waals surface area contributed by atoms with E-state index in [9.17, 15) is 24.8 Å². The predicted octanol–water partition coefficient (Wildman–Crippen LogP) is 1.42. The molecule has 8 nitrogen and oxygen atoms in total. The van der Waals surface area contributed by atoms with Gasteiger partial charge in [-0.3, -0.25) is 15.1 Å². The second-order valence-electron chi connectivity index (χ2n) is 4.96. The van der Waals surface area contributed by atoms with E-state index in [0.717, 1.165) is 7.11 Å². The molecule has 0 saturated carbocycles. The summed E-state index contributed by atoms with van der Waals surface area (Å²) in [6.45, 7) is 2.92. The minimum absolute atomic E-state index is 0.0179. The van der Waals surface area contributed by atoms with Crippen LogP contribution in [0, 0.1) is 24.0 Å². The lowest BCUT2D eigenvalue weighted by atomic mass is 9.91. The highest BCUT2D eigenvalue weighted by Gasteiger charge is 2.27. The van der Waals surface area contributed by atoms with Crippen molar-refractivity contribution in [2.24, 2.45) is 0 Å². The number of nitrogens with zero attached hydrogens (tertiary/aromatic N) is 2. The number of aromatic nitrogens is 1. The van der Waals surface area contributed by atoms with Gasteiger partial charge in [0.05, 0.1) is 34.8 Å². The standard InChI is InChI=1S/C16H14N2O6/c1-8-12(15(19)20)14(13(9(2)17-8)16(21)24-3)10-6-4-5-7-11(10)18(22)23/h4-7H,1-3H3,(H,19,20)/p-1. The van der Waals surface area contributed by atoms with E-state index in [2.05, 4.69) is 4.98 Å². The zero-order valence-corrected chi connectivity index (χ0v) is 13.2. The molecule has 8 heteroatoms. The molecule has 1 heterocycles. The molecule has 0 radical (unpaired) electrons. The molecule has 0 unspecified atom stereocenters. The number of hydrogen-bond acceptors (Lipinski definition) is 7. The third kappa shape index (κ3) is 2.81. The Balaban J connectivity index is 3.03. The van der Waals surface area contributed by atoms with Gasteiger partial charge in [0, 0.05) is 22.9 Å². The summed E-state index contributed by atoms with van der Waals surface area (Å²) in [5, 5.41) is 22.9. The summed E-state index contributed by atoms with van der Waals surface area (Å²) in [7, 11) is 1.13. The SMILES string of the molecule is COC(=O)c1c(C)nc(C)c(C(=O)[O-])c1-c1ccccc1[N+](=O)[O-].